The third-order valence-electron chi connectivity index (χ3n) is 3.52. The van der Waals surface area contributed by atoms with Gasteiger partial charge in [-0.3, -0.25) is 4.79 Å². The first-order chi connectivity index (χ1) is 12.9. The number of carbonyl (C=O) groups excluding carboxylic acids is 2. The number of aromatic nitrogens is 1. The molecule has 6 nitrogen and oxygen atoms in total. The van der Waals surface area contributed by atoms with Crippen molar-refractivity contribution in [2.45, 2.75) is 13.0 Å². The van der Waals surface area contributed by atoms with Crippen molar-refractivity contribution in [1.82, 2.24) is 4.98 Å². The van der Waals surface area contributed by atoms with Crippen LogP contribution in [0.25, 0.3) is 17.2 Å². The van der Waals surface area contributed by atoms with E-state index in [1.165, 1.54) is 19.1 Å². The molecular formula is C19H14F2N2O4. The number of rotatable bonds is 5. The Balaban J connectivity index is 1.57. The third kappa shape index (κ3) is 4.55. The topological polar surface area (TPSA) is 81.4 Å². The SMILES string of the molecule is C[C@@H](OC(=O)/C=C/c1nc2ccccc2o1)C(=O)Nc1ccc(F)c(F)c1. The standard InChI is InChI=1S/C19H14F2N2O4/c1-11(19(25)22-12-6-7-13(20)14(21)10-12)26-18(24)9-8-17-23-15-4-2-3-5-16(15)27-17/h2-11H,1H3,(H,22,25)/b9-8+/t11-/m1/s1. The highest BCUT2D eigenvalue weighted by Crippen LogP contribution is 2.16. The second-order valence-corrected chi connectivity index (χ2v) is 5.55. The summed E-state index contributed by atoms with van der Waals surface area (Å²) in [6.45, 7) is 1.35. The van der Waals surface area contributed by atoms with Crippen LogP contribution in [-0.2, 0) is 14.3 Å². The number of fused-ring (bicyclic) bond motifs is 1. The number of para-hydroxylation sites is 2. The Labute approximate surface area is 152 Å². The summed E-state index contributed by atoms with van der Waals surface area (Å²) in [4.78, 5) is 28.0. The fourth-order valence-corrected chi connectivity index (χ4v) is 2.19. The molecule has 138 valence electrons. The number of esters is 1. The molecule has 1 atom stereocenters. The Kier molecular flexibility index (Phi) is 5.25. The zero-order valence-corrected chi connectivity index (χ0v) is 14.1. The Morgan fingerprint density at radius 2 is 1.96 bits per heavy atom. The molecule has 0 saturated heterocycles. The van der Waals surface area contributed by atoms with Gasteiger partial charge in [0.05, 0.1) is 0 Å². The molecule has 0 unspecified atom stereocenters. The van der Waals surface area contributed by atoms with Crippen LogP contribution in [0, 0.1) is 11.6 Å². The number of hydrogen-bond donors (Lipinski definition) is 1. The van der Waals surface area contributed by atoms with E-state index in [0.29, 0.717) is 11.1 Å². The van der Waals surface area contributed by atoms with Crippen molar-refractivity contribution in [2.75, 3.05) is 5.32 Å². The average Bonchev–Trinajstić information content (AvgIpc) is 3.06. The summed E-state index contributed by atoms with van der Waals surface area (Å²) in [7, 11) is 0. The van der Waals surface area contributed by atoms with Gasteiger partial charge in [-0.2, -0.15) is 0 Å². The van der Waals surface area contributed by atoms with Crippen molar-refractivity contribution in [3.05, 3.63) is 66.1 Å². The van der Waals surface area contributed by atoms with Crippen LogP contribution in [0.3, 0.4) is 0 Å². The van der Waals surface area contributed by atoms with Gasteiger partial charge in [-0.15, -0.1) is 0 Å². The maximum atomic E-state index is 13.1. The van der Waals surface area contributed by atoms with Gasteiger partial charge in [0, 0.05) is 23.9 Å². The highest BCUT2D eigenvalue weighted by atomic mass is 19.2. The summed E-state index contributed by atoms with van der Waals surface area (Å²) < 4.78 is 36.4. The van der Waals surface area contributed by atoms with Gasteiger partial charge in [-0.05, 0) is 31.2 Å². The number of hydrogen-bond acceptors (Lipinski definition) is 5. The number of amides is 1. The lowest BCUT2D eigenvalue weighted by molar-refractivity contribution is -0.148. The van der Waals surface area contributed by atoms with E-state index < -0.39 is 29.6 Å². The summed E-state index contributed by atoms with van der Waals surface area (Å²) >= 11 is 0. The molecule has 1 amide bonds. The lowest BCUT2D eigenvalue weighted by atomic mass is 10.3. The minimum atomic E-state index is -1.15. The number of ether oxygens (including phenoxy) is 1. The Morgan fingerprint density at radius 3 is 2.70 bits per heavy atom. The van der Waals surface area contributed by atoms with Gasteiger partial charge >= 0.3 is 5.97 Å². The average molecular weight is 372 g/mol. The predicted octanol–water partition coefficient (Wildman–Crippen LogP) is 3.69. The zero-order chi connectivity index (χ0) is 19.4. The van der Waals surface area contributed by atoms with E-state index in [1.54, 1.807) is 24.3 Å². The Bertz CT molecular complexity index is 996. The number of oxazole rings is 1. The van der Waals surface area contributed by atoms with Gasteiger partial charge in [-0.1, -0.05) is 12.1 Å². The van der Waals surface area contributed by atoms with Crippen molar-refractivity contribution in [3.8, 4) is 0 Å². The molecule has 0 saturated carbocycles. The first-order valence-electron chi connectivity index (χ1n) is 7.92. The summed E-state index contributed by atoms with van der Waals surface area (Å²) in [5, 5.41) is 2.33. The minimum Gasteiger partial charge on any atom is -0.449 e. The molecular weight excluding hydrogens is 358 g/mol. The number of anilines is 1. The van der Waals surface area contributed by atoms with Crippen LogP contribution in [0.5, 0.6) is 0 Å². The molecule has 0 bridgehead atoms. The first kappa shape index (κ1) is 18.2. The van der Waals surface area contributed by atoms with Crippen molar-refractivity contribution >= 4 is 34.7 Å². The van der Waals surface area contributed by atoms with Gasteiger partial charge < -0.3 is 14.5 Å². The Hall–Kier alpha value is -3.55. The fourth-order valence-electron chi connectivity index (χ4n) is 2.19. The maximum Gasteiger partial charge on any atom is 0.331 e. The van der Waals surface area contributed by atoms with Crippen LogP contribution in [-0.4, -0.2) is 23.0 Å². The molecule has 3 aromatic rings. The molecule has 27 heavy (non-hydrogen) atoms. The fraction of sp³-hybridized carbons (Fsp3) is 0.105. The maximum absolute atomic E-state index is 13.1. The van der Waals surface area contributed by atoms with Crippen LogP contribution in [0.2, 0.25) is 0 Å². The summed E-state index contributed by atoms with van der Waals surface area (Å²) in [5.74, 6) is -3.39. The number of nitrogens with zero attached hydrogens (tertiary/aromatic N) is 1. The number of benzene rings is 2. The summed E-state index contributed by atoms with van der Waals surface area (Å²) in [6, 6.07) is 10.0. The van der Waals surface area contributed by atoms with Crippen LogP contribution < -0.4 is 5.32 Å². The normalized spacial score (nSPS) is 12.3. The lowest BCUT2D eigenvalue weighted by Gasteiger charge is -2.12. The van der Waals surface area contributed by atoms with Crippen molar-refractivity contribution in [3.63, 3.8) is 0 Å². The van der Waals surface area contributed by atoms with Crippen molar-refractivity contribution in [1.29, 1.82) is 0 Å². The molecule has 8 heteroatoms. The van der Waals surface area contributed by atoms with Crippen molar-refractivity contribution in [2.24, 2.45) is 0 Å². The molecule has 3 rings (SSSR count). The monoisotopic (exact) mass is 372 g/mol. The van der Waals surface area contributed by atoms with Gasteiger partial charge in [-0.25, -0.2) is 18.6 Å². The highest BCUT2D eigenvalue weighted by molar-refractivity contribution is 5.96. The van der Waals surface area contributed by atoms with E-state index in [1.807, 2.05) is 0 Å². The minimum absolute atomic E-state index is 0.0452. The van der Waals surface area contributed by atoms with Crippen LogP contribution in [0.4, 0.5) is 14.5 Å². The van der Waals surface area contributed by atoms with Gasteiger partial charge in [0.2, 0.25) is 5.89 Å². The molecule has 1 aromatic heterocycles. The molecule has 1 N–H and O–H groups in total. The van der Waals surface area contributed by atoms with E-state index in [-0.39, 0.29) is 11.6 Å². The van der Waals surface area contributed by atoms with Crippen LogP contribution >= 0.6 is 0 Å². The summed E-state index contributed by atoms with van der Waals surface area (Å²) in [6.07, 6.45) is 1.24. The van der Waals surface area contributed by atoms with E-state index in [0.717, 1.165) is 18.2 Å². The Morgan fingerprint density at radius 1 is 1.19 bits per heavy atom. The number of carbonyl (C=O) groups is 2. The first-order valence-corrected chi connectivity index (χ1v) is 7.92. The highest BCUT2D eigenvalue weighted by Gasteiger charge is 2.17. The van der Waals surface area contributed by atoms with Gasteiger partial charge in [0.25, 0.3) is 5.91 Å². The van der Waals surface area contributed by atoms with Crippen LogP contribution in [0.1, 0.15) is 12.8 Å². The number of nitrogens with one attached hydrogen (secondary N) is 1. The molecule has 2 aromatic carbocycles. The molecule has 1 heterocycles. The van der Waals surface area contributed by atoms with E-state index in [9.17, 15) is 18.4 Å². The largest absolute Gasteiger partial charge is 0.449 e. The lowest BCUT2D eigenvalue weighted by Crippen LogP contribution is -2.29. The second-order valence-electron chi connectivity index (χ2n) is 5.55. The molecule has 0 fully saturated rings. The smallest absolute Gasteiger partial charge is 0.331 e. The number of halogens is 2. The molecule has 0 radical (unpaired) electrons. The van der Waals surface area contributed by atoms with E-state index >= 15 is 0 Å². The second kappa shape index (κ2) is 7.77. The van der Waals surface area contributed by atoms with Crippen LogP contribution in [0.15, 0.2) is 53.0 Å². The van der Waals surface area contributed by atoms with Gasteiger partial charge in [0.1, 0.15) is 5.52 Å². The van der Waals surface area contributed by atoms with E-state index in [4.69, 9.17) is 9.15 Å². The quantitative estimate of drug-likeness (QED) is 0.546. The van der Waals surface area contributed by atoms with Gasteiger partial charge in [0.15, 0.2) is 23.3 Å². The molecule has 0 spiro atoms. The molecule has 0 aliphatic heterocycles. The van der Waals surface area contributed by atoms with Crippen molar-refractivity contribution < 1.29 is 27.5 Å². The third-order valence-corrected chi connectivity index (χ3v) is 3.52. The molecule has 0 aliphatic rings. The zero-order valence-electron chi connectivity index (χ0n) is 14.1. The molecule has 0 aliphatic carbocycles. The predicted molar refractivity (Wildman–Crippen MR) is 93.6 cm³/mol. The summed E-state index contributed by atoms with van der Waals surface area (Å²) in [5.41, 5.74) is 1.26. The van der Waals surface area contributed by atoms with E-state index in [2.05, 4.69) is 10.3 Å².